The van der Waals surface area contributed by atoms with E-state index in [1.54, 1.807) is 6.33 Å². The molecule has 1 fully saturated rings. The summed E-state index contributed by atoms with van der Waals surface area (Å²) in [6, 6.07) is 0. The summed E-state index contributed by atoms with van der Waals surface area (Å²) in [4.78, 5) is 4.82. The van der Waals surface area contributed by atoms with E-state index in [2.05, 4.69) is 39.2 Å². The Bertz CT molecular complexity index is 480. The molecule has 1 aromatic rings. The van der Waals surface area contributed by atoms with E-state index in [0.717, 1.165) is 50.3 Å². The number of aromatic nitrogens is 3. The Morgan fingerprint density at radius 1 is 1.16 bits per heavy atom. The fourth-order valence-electron chi connectivity index (χ4n) is 3.32. The smallest absolute Gasteiger partial charge is 0.191 e. The van der Waals surface area contributed by atoms with Gasteiger partial charge in [0, 0.05) is 32.6 Å². The molecule has 144 valence electrons. The van der Waals surface area contributed by atoms with Gasteiger partial charge in [0.05, 0.1) is 0 Å². The van der Waals surface area contributed by atoms with Crippen molar-refractivity contribution in [2.45, 2.75) is 71.8 Å². The Morgan fingerprint density at radius 2 is 1.88 bits per heavy atom. The third kappa shape index (κ3) is 8.37. The molecule has 0 spiro atoms. The van der Waals surface area contributed by atoms with Crippen molar-refractivity contribution < 1.29 is 0 Å². The van der Waals surface area contributed by atoms with Crippen molar-refractivity contribution in [3.05, 3.63) is 12.2 Å². The van der Waals surface area contributed by atoms with E-state index in [9.17, 15) is 0 Å². The minimum absolute atomic E-state index is 0. The lowest BCUT2D eigenvalue weighted by atomic mass is 9.91. The fraction of sp³-hybridized carbons (Fsp3) is 0.833. The monoisotopic (exact) mass is 462 g/mol. The third-order valence-electron chi connectivity index (χ3n) is 4.73. The highest BCUT2D eigenvalue weighted by Crippen LogP contribution is 2.22. The maximum Gasteiger partial charge on any atom is 0.191 e. The van der Waals surface area contributed by atoms with Crippen molar-refractivity contribution >= 4 is 29.9 Å². The van der Waals surface area contributed by atoms with Gasteiger partial charge in [-0.25, -0.2) is 0 Å². The van der Waals surface area contributed by atoms with Crippen LogP contribution in [0.2, 0.25) is 0 Å². The number of guanidine groups is 1. The summed E-state index contributed by atoms with van der Waals surface area (Å²) in [6.45, 7) is 7.76. The Balaban J connectivity index is 0.00000312. The molecule has 0 amide bonds. The van der Waals surface area contributed by atoms with E-state index in [0.29, 0.717) is 0 Å². The molecule has 6 nitrogen and oxygen atoms in total. The zero-order valence-corrected chi connectivity index (χ0v) is 18.2. The summed E-state index contributed by atoms with van der Waals surface area (Å²) in [6.07, 6.45) is 12.4. The average Bonchev–Trinajstić information content (AvgIpc) is 3.01. The molecule has 2 N–H and O–H groups in total. The van der Waals surface area contributed by atoms with Crippen molar-refractivity contribution in [2.24, 2.45) is 10.9 Å². The number of nitrogens with zero attached hydrogens (tertiary/aromatic N) is 4. The predicted octanol–water partition coefficient (Wildman–Crippen LogP) is 3.37. The quantitative estimate of drug-likeness (QED) is 0.371. The molecule has 0 radical (unpaired) electrons. The summed E-state index contributed by atoms with van der Waals surface area (Å²) < 4.78 is 2.10. The van der Waals surface area contributed by atoms with Crippen LogP contribution in [0.1, 0.15) is 64.6 Å². The van der Waals surface area contributed by atoms with Crippen LogP contribution in [0.25, 0.3) is 0 Å². The largest absolute Gasteiger partial charge is 0.357 e. The minimum atomic E-state index is 0. The van der Waals surface area contributed by atoms with E-state index < -0.39 is 0 Å². The van der Waals surface area contributed by atoms with Gasteiger partial charge in [0.1, 0.15) is 12.2 Å². The molecule has 0 atom stereocenters. The van der Waals surface area contributed by atoms with E-state index in [1.165, 1.54) is 44.9 Å². The molecule has 7 heteroatoms. The zero-order chi connectivity index (χ0) is 17.0. The molecule has 0 unspecified atom stereocenters. The lowest BCUT2D eigenvalue weighted by Gasteiger charge is -2.19. The first-order valence-electron chi connectivity index (χ1n) is 9.72. The number of aliphatic imine (C=N–C) groups is 1. The lowest BCUT2D eigenvalue weighted by molar-refractivity contribution is 0.385. The van der Waals surface area contributed by atoms with Crippen molar-refractivity contribution in [3.8, 4) is 0 Å². The molecule has 0 aromatic carbocycles. The van der Waals surface area contributed by atoms with Crippen molar-refractivity contribution in [3.63, 3.8) is 0 Å². The zero-order valence-electron chi connectivity index (χ0n) is 15.8. The van der Waals surface area contributed by atoms with Crippen LogP contribution in [0.15, 0.2) is 11.3 Å². The first-order chi connectivity index (χ1) is 11.8. The summed E-state index contributed by atoms with van der Waals surface area (Å²) in [5, 5.41) is 14.9. The highest BCUT2D eigenvalue weighted by Gasteiger charge is 2.11. The van der Waals surface area contributed by atoms with Gasteiger partial charge in [-0.1, -0.05) is 39.0 Å². The fourth-order valence-corrected chi connectivity index (χ4v) is 3.32. The van der Waals surface area contributed by atoms with Gasteiger partial charge in [-0.2, -0.15) is 0 Å². The first kappa shape index (κ1) is 22.2. The highest BCUT2D eigenvalue weighted by molar-refractivity contribution is 14.0. The number of aryl methyl sites for hydroxylation is 1. The first-order valence-corrected chi connectivity index (χ1v) is 9.72. The molecule has 0 aliphatic heterocycles. The van der Waals surface area contributed by atoms with E-state index in [-0.39, 0.29) is 24.0 Å². The molecular weight excluding hydrogens is 427 g/mol. The molecule has 1 saturated carbocycles. The second-order valence-electron chi connectivity index (χ2n) is 6.65. The third-order valence-corrected chi connectivity index (χ3v) is 4.73. The predicted molar refractivity (Wildman–Crippen MR) is 115 cm³/mol. The number of halogens is 1. The topological polar surface area (TPSA) is 67.1 Å². The Morgan fingerprint density at radius 3 is 2.56 bits per heavy atom. The van der Waals surface area contributed by atoms with Gasteiger partial charge >= 0.3 is 0 Å². The molecule has 1 heterocycles. The lowest BCUT2D eigenvalue weighted by Crippen LogP contribution is -2.39. The van der Waals surface area contributed by atoms with Crippen molar-refractivity contribution in [2.75, 3.05) is 19.6 Å². The van der Waals surface area contributed by atoms with E-state index >= 15 is 0 Å². The molecule has 1 aliphatic rings. The van der Waals surface area contributed by atoms with Crippen LogP contribution in [0.3, 0.4) is 0 Å². The van der Waals surface area contributed by atoms with Crippen LogP contribution >= 0.6 is 24.0 Å². The summed E-state index contributed by atoms with van der Waals surface area (Å²) in [5.74, 6) is 2.73. The molecular formula is C18H35IN6. The van der Waals surface area contributed by atoms with Crippen LogP contribution in [0.4, 0.5) is 0 Å². The van der Waals surface area contributed by atoms with Crippen LogP contribution in [0, 0.1) is 5.92 Å². The minimum Gasteiger partial charge on any atom is -0.357 e. The number of hydrogen-bond donors (Lipinski definition) is 2. The standard InChI is InChI=1S/C18H34N6.HI/c1-3-17-23-22-15-24(17)13-12-20-18(19-4-2)21-14-16-10-8-6-5-7-9-11-16;/h15-16H,3-14H2,1-2H3,(H2,19,20,21);1H. The summed E-state index contributed by atoms with van der Waals surface area (Å²) in [7, 11) is 0. The maximum atomic E-state index is 4.82. The van der Waals surface area contributed by atoms with Crippen molar-refractivity contribution in [1.82, 2.24) is 25.4 Å². The number of rotatable bonds is 7. The van der Waals surface area contributed by atoms with Crippen LogP contribution in [-0.4, -0.2) is 40.4 Å². The van der Waals surface area contributed by atoms with Gasteiger partial charge in [0.15, 0.2) is 5.96 Å². The van der Waals surface area contributed by atoms with Gasteiger partial charge in [0.25, 0.3) is 0 Å². The Kier molecular flexibility index (Phi) is 11.9. The summed E-state index contributed by atoms with van der Waals surface area (Å²) >= 11 is 0. The Labute approximate surface area is 169 Å². The second kappa shape index (κ2) is 13.4. The number of nitrogens with one attached hydrogen (secondary N) is 2. The molecule has 25 heavy (non-hydrogen) atoms. The van der Waals surface area contributed by atoms with Crippen LogP contribution < -0.4 is 10.6 Å². The van der Waals surface area contributed by atoms with Gasteiger partial charge < -0.3 is 15.2 Å². The molecule has 1 aliphatic carbocycles. The molecule has 2 rings (SSSR count). The van der Waals surface area contributed by atoms with Gasteiger partial charge in [-0.05, 0) is 25.7 Å². The molecule has 0 bridgehead atoms. The van der Waals surface area contributed by atoms with Gasteiger partial charge in [0.2, 0.25) is 0 Å². The van der Waals surface area contributed by atoms with Gasteiger partial charge in [-0.15, -0.1) is 34.2 Å². The van der Waals surface area contributed by atoms with Crippen molar-refractivity contribution in [1.29, 1.82) is 0 Å². The van der Waals surface area contributed by atoms with E-state index in [1.807, 2.05) is 0 Å². The summed E-state index contributed by atoms with van der Waals surface area (Å²) in [5.41, 5.74) is 0. The SMILES string of the molecule is CCNC(=NCC1CCCCCCC1)NCCn1cnnc1CC.I. The molecule has 1 aromatic heterocycles. The van der Waals surface area contributed by atoms with Crippen LogP contribution in [0.5, 0.6) is 0 Å². The molecule has 0 saturated heterocycles. The average molecular weight is 462 g/mol. The second-order valence-corrected chi connectivity index (χ2v) is 6.65. The number of hydrogen-bond acceptors (Lipinski definition) is 3. The highest BCUT2D eigenvalue weighted by atomic mass is 127. The Hall–Kier alpha value is -0.860. The normalized spacial score (nSPS) is 16.6. The maximum absolute atomic E-state index is 4.82. The van der Waals surface area contributed by atoms with E-state index in [4.69, 9.17) is 4.99 Å². The van der Waals surface area contributed by atoms with Crippen LogP contribution in [-0.2, 0) is 13.0 Å². The van der Waals surface area contributed by atoms with Gasteiger partial charge in [-0.3, -0.25) is 4.99 Å².